The summed E-state index contributed by atoms with van der Waals surface area (Å²) in [6.45, 7) is 0.653. The highest BCUT2D eigenvalue weighted by Gasteiger charge is 2.31. The van der Waals surface area contributed by atoms with Crippen LogP contribution in [0.15, 0.2) is 23.1 Å². The molecule has 0 saturated carbocycles. The standard InChI is InChI=1S/C13H17N3O7S/c1-23-12-3-2-10(8-11(12)16(19)20)24(21,22)15-6-4-14(5-7-15)9-13(17)18/h2-3,8H,4-7,9H2,1H3,(H,17,18). The molecule has 1 aromatic rings. The number of hydrogen-bond donors (Lipinski definition) is 1. The second kappa shape index (κ2) is 7.11. The molecular weight excluding hydrogens is 342 g/mol. The zero-order valence-electron chi connectivity index (χ0n) is 12.9. The third-order valence-corrected chi connectivity index (χ3v) is 5.57. The largest absolute Gasteiger partial charge is 0.490 e. The van der Waals surface area contributed by atoms with Crippen LogP contribution in [0.2, 0.25) is 0 Å². The van der Waals surface area contributed by atoms with E-state index in [1.807, 2.05) is 0 Å². The third-order valence-electron chi connectivity index (χ3n) is 3.67. The number of rotatable bonds is 6. The summed E-state index contributed by atoms with van der Waals surface area (Å²) < 4.78 is 31.3. The van der Waals surface area contributed by atoms with E-state index < -0.39 is 26.6 Å². The number of methoxy groups -OCH3 is 1. The van der Waals surface area contributed by atoms with Gasteiger partial charge in [0.05, 0.1) is 23.5 Å². The van der Waals surface area contributed by atoms with Gasteiger partial charge in [0, 0.05) is 32.2 Å². The van der Waals surface area contributed by atoms with E-state index in [0.29, 0.717) is 0 Å². The number of ether oxygens (including phenoxy) is 1. The minimum absolute atomic E-state index is 0.0229. The Morgan fingerprint density at radius 3 is 2.46 bits per heavy atom. The molecule has 0 bridgehead atoms. The summed E-state index contributed by atoms with van der Waals surface area (Å²) in [4.78, 5) is 22.4. The van der Waals surface area contributed by atoms with Gasteiger partial charge in [-0.2, -0.15) is 4.31 Å². The molecule has 0 amide bonds. The van der Waals surface area contributed by atoms with Crippen LogP contribution in [0.5, 0.6) is 5.75 Å². The number of nitrogens with zero attached hydrogens (tertiary/aromatic N) is 3. The summed E-state index contributed by atoms with van der Waals surface area (Å²) in [7, 11) is -2.63. The van der Waals surface area contributed by atoms with Crippen LogP contribution in [0.4, 0.5) is 5.69 Å². The predicted molar refractivity (Wildman–Crippen MR) is 82.5 cm³/mol. The third kappa shape index (κ3) is 3.80. The van der Waals surface area contributed by atoms with Crippen molar-refractivity contribution in [3.63, 3.8) is 0 Å². The van der Waals surface area contributed by atoms with Crippen LogP contribution in [0.3, 0.4) is 0 Å². The van der Waals surface area contributed by atoms with Gasteiger partial charge < -0.3 is 9.84 Å². The van der Waals surface area contributed by atoms with Crippen LogP contribution >= 0.6 is 0 Å². The Bertz CT molecular complexity index is 742. The lowest BCUT2D eigenvalue weighted by Crippen LogP contribution is -2.49. The number of nitro benzene ring substituents is 1. The fourth-order valence-electron chi connectivity index (χ4n) is 2.44. The molecule has 0 atom stereocenters. The normalized spacial score (nSPS) is 16.7. The number of carboxylic acids is 1. The highest BCUT2D eigenvalue weighted by molar-refractivity contribution is 7.89. The van der Waals surface area contributed by atoms with Crippen LogP contribution in [-0.2, 0) is 14.8 Å². The van der Waals surface area contributed by atoms with Gasteiger partial charge in [-0.3, -0.25) is 19.8 Å². The van der Waals surface area contributed by atoms with Crippen LogP contribution in [0.1, 0.15) is 0 Å². The smallest absolute Gasteiger partial charge is 0.317 e. The van der Waals surface area contributed by atoms with Gasteiger partial charge >= 0.3 is 11.7 Å². The molecule has 11 heteroatoms. The van der Waals surface area contributed by atoms with E-state index in [0.717, 1.165) is 6.07 Å². The van der Waals surface area contributed by atoms with Gasteiger partial charge in [-0.1, -0.05) is 0 Å². The van der Waals surface area contributed by atoms with Crippen molar-refractivity contribution in [1.82, 2.24) is 9.21 Å². The molecule has 0 aromatic heterocycles. The topological polar surface area (TPSA) is 130 Å². The second-order valence-electron chi connectivity index (χ2n) is 5.16. The van der Waals surface area contributed by atoms with E-state index in [4.69, 9.17) is 9.84 Å². The molecule has 1 saturated heterocycles. The lowest BCUT2D eigenvalue weighted by molar-refractivity contribution is -0.386. The first-order valence-electron chi connectivity index (χ1n) is 7.02. The molecule has 0 spiro atoms. The second-order valence-corrected chi connectivity index (χ2v) is 7.10. The SMILES string of the molecule is COc1ccc(S(=O)(=O)N2CCN(CC(=O)O)CC2)cc1[N+](=O)[O-]. The number of hydrogen-bond acceptors (Lipinski definition) is 7. The highest BCUT2D eigenvalue weighted by atomic mass is 32.2. The van der Waals surface area contributed by atoms with Crippen LogP contribution < -0.4 is 4.74 Å². The quantitative estimate of drug-likeness (QED) is 0.554. The Kier molecular flexibility index (Phi) is 5.36. The van der Waals surface area contributed by atoms with E-state index in [1.54, 1.807) is 4.90 Å². The van der Waals surface area contributed by atoms with Crippen molar-refractivity contribution in [2.75, 3.05) is 39.8 Å². The van der Waals surface area contributed by atoms with E-state index in [9.17, 15) is 23.3 Å². The maximum atomic E-state index is 12.6. The molecule has 1 aliphatic heterocycles. The van der Waals surface area contributed by atoms with E-state index in [2.05, 4.69) is 0 Å². The molecular formula is C13H17N3O7S. The van der Waals surface area contributed by atoms with Crippen molar-refractivity contribution in [3.8, 4) is 5.75 Å². The summed E-state index contributed by atoms with van der Waals surface area (Å²) in [5.74, 6) is -0.998. The first kappa shape index (κ1) is 18.1. The first-order valence-corrected chi connectivity index (χ1v) is 8.46. The van der Waals surface area contributed by atoms with E-state index >= 15 is 0 Å². The first-order chi connectivity index (χ1) is 11.3. The highest BCUT2D eigenvalue weighted by Crippen LogP contribution is 2.30. The number of sulfonamides is 1. The molecule has 24 heavy (non-hydrogen) atoms. The number of carbonyl (C=O) groups is 1. The fourth-order valence-corrected chi connectivity index (χ4v) is 3.88. The summed E-state index contributed by atoms with van der Waals surface area (Å²) in [6.07, 6.45) is 0. The monoisotopic (exact) mass is 359 g/mol. The predicted octanol–water partition coefficient (Wildman–Crippen LogP) is -0.00570. The maximum absolute atomic E-state index is 12.6. The van der Waals surface area contributed by atoms with Crippen LogP contribution in [0.25, 0.3) is 0 Å². The Labute approximate surface area is 138 Å². The Hall–Kier alpha value is -2.24. The van der Waals surface area contributed by atoms with Crippen molar-refractivity contribution in [2.24, 2.45) is 0 Å². The summed E-state index contributed by atoms with van der Waals surface area (Å²) in [5.41, 5.74) is -0.428. The summed E-state index contributed by atoms with van der Waals surface area (Å²) in [5, 5.41) is 19.8. The number of benzene rings is 1. The number of aliphatic carboxylic acids is 1. The van der Waals surface area contributed by atoms with Gasteiger partial charge in [0.1, 0.15) is 0 Å². The molecule has 2 rings (SSSR count). The molecule has 132 valence electrons. The number of piperazine rings is 1. The number of carboxylic acid groups (broad SMARTS) is 1. The molecule has 10 nitrogen and oxygen atoms in total. The minimum atomic E-state index is -3.90. The number of nitro groups is 1. The van der Waals surface area contributed by atoms with Crippen LogP contribution in [0, 0.1) is 10.1 Å². The van der Waals surface area contributed by atoms with Crippen molar-refractivity contribution in [2.45, 2.75) is 4.90 Å². The lowest BCUT2D eigenvalue weighted by Gasteiger charge is -2.32. The molecule has 1 fully saturated rings. The van der Waals surface area contributed by atoms with Gasteiger partial charge in [0.2, 0.25) is 10.0 Å². The lowest BCUT2D eigenvalue weighted by atomic mass is 10.3. The molecule has 1 aliphatic rings. The summed E-state index contributed by atoms with van der Waals surface area (Å²) >= 11 is 0. The molecule has 1 heterocycles. The van der Waals surface area contributed by atoms with E-state index in [1.165, 1.54) is 23.5 Å². The van der Waals surface area contributed by atoms with Crippen LogP contribution in [-0.4, -0.2) is 73.5 Å². The zero-order valence-corrected chi connectivity index (χ0v) is 13.7. The average molecular weight is 359 g/mol. The van der Waals surface area contributed by atoms with Crippen molar-refractivity contribution in [1.29, 1.82) is 0 Å². The fraction of sp³-hybridized carbons (Fsp3) is 0.462. The minimum Gasteiger partial charge on any atom is -0.490 e. The average Bonchev–Trinajstić information content (AvgIpc) is 2.54. The van der Waals surface area contributed by atoms with Gasteiger partial charge in [-0.15, -0.1) is 0 Å². The van der Waals surface area contributed by atoms with Crippen molar-refractivity contribution in [3.05, 3.63) is 28.3 Å². The molecule has 0 unspecified atom stereocenters. The van der Waals surface area contributed by atoms with Gasteiger partial charge in [0.25, 0.3) is 0 Å². The zero-order chi connectivity index (χ0) is 17.9. The molecule has 0 radical (unpaired) electrons. The van der Waals surface area contributed by atoms with Crippen molar-refractivity contribution < 1.29 is 28.0 Å². The maximum Gasteiger partial charge on any atom is 0.317 e. The van der Waals surface area contributed by atoms with Gasteiger partial charge in [-0.25, -0.2) is 8.42 Å². The summed E-state index contributed by atoms with van der Waals surface area (Å²) in [6, 6.07) is 3.47. The van der Waals surface area contributed by atoms with Gasteiger partial charge in [0.15, 0.2) is 5.75 Å². The molecule has 1 aromatic carbocycles. The van der Waals surface area contributed by atoms with Crippen molar-refractivity contribution >= 4 is 21.7 Å². The molecule has 1 N–H and O–H groups in total. The van der Waals surface area contributed by atoms with Gasteiger partial charge in [-0.05, 0) is 12.1 Å². The molecule has 0 aliphatic carbocycles. The Balaban J connectivity index is 2.21. The Morgan fingerprint density at radius 2 is 1.96 bits per heavy atom. The van der Waals surface area contributed by atoms with E-state index in [-0.39, 0.29) is 43.4 Å². The Morgan fingerprint density at radius 1 is 1.33 bits per heavy atom.